The number of hydrogen-bond acceptors (Lipinski definition) is 4. The van der Waals surface area contributed by atoms with Gasteiger partial charge in [0.25, 0.3) is 0 Å². The van der Waals surface area contributed by atoms with E-state index in [1.807, 2.05) is 97.1 Å². The van der Waals surface area contributed by atoms with Crippen LogP contribution in [0.15, 0.2) is 146 Å². The molecule has 8 rings (SSSR count). The lowest BCUT2D eigenvalue weighted by Gasteiger charge is -2.31. The van der Waals surface area contributed by atoms with Gasteiger partial charge in [-0.1, -0.05) is 161 Å². The highest BCUT2D eigenvalue weighted by Crippen LogP contribution is 2.64. The Labute approximate surface area is 313 Å². The van der Waals surface area contributed by atoms with Crippen molar-refractivity contribution < 1.29 is 19.7 Å². The van der Waals surface area contributed by atoms with Crippen LogP contribution in [-0.2, 0) is 29.5 Å². The molecule has 2 N–H and O–H groups in total. The largest absolute Gasteiger partial charge is 0.485 e. The van der Waals surface area contributed by atoms with Crippen molar-refractivity contribution >= 4 is 0 Å². The Morgan fingerprint density at radius 3 is 1.25 bits per heavy atom. The average molecular weight is 701 g/mol. The van der Waals surface area contributed by atoms with Crippen LogP contribution in [0.3, 0.4) is 0 Å². The lowest BCUT2D eigenvalue weighted by molar-refractivity contribution is 0.196. The van der Waals surface area contributed by atoms with Gasteiger partial charge in [0.15, 0.2) is 11.5 Å². The third-order valence-electron chi connectivity index (χ3n) is 11.6. The zero-order valence-electron chi connectivity index (χ0n) is 31.1. The molecule has 0 aliphatic heterocycles. The summed E-state index contributed by atoms with van der Waals surface area (Å²) in [6.07, 6.45) is -0.0206. The molecule has 268 valence electrons. The number of benzene rings is 6. The predicted molar refractivity (Wildman–Crippen MR) is 212 cm³/mol. The van der Waals surface area contributed by atoms with Gasteiger partial charge >= 0.3 is 0 Å². The van der Waals surface area contributed by atoms with Crippen LogP contribution >= 0.6 is 0 Å². The lowest BCUT2D eigenvalue weighted by Crippen LogP contribution is -2.27. The molecule has 4 nitrogen and oxygen atoms in total. The Morgan fingerprint density at radius 2 is 0.811 bits per heavy atom. The zero-order chi connectivity index (χ0) is 36.8. The minimum absolute atomic E-state index is 0.170. The molecule has 0 radical (unpaired) electrons. The summed E-state index contributed by atoms with van der Waals surface area (Å²) in [5.74, 6) is 1.47. The van der Waals surface area contributed by atoms with Crippen LogP contribution in [-0.4, -0.2) is 10.2 Å². The minimum Gasteiger partial charge on any atom is -0.485 e. The molecule has 53 heavy (non-hydrogen) atoms. The topological polar surface area (TPSA) is 58.9 Å². The maximum atomic E-state index is 12.1. The normalized spacial score (nSPS) is 19.0. The minimum atomic E-state index is -0.914. The first-order valence-electron chi connectivity index (χ1n) is 18.7. The number of rotatable bonds is 10. The van der Waals surface area contributed by atoms with Gasteiger partial charge in [-0.2, -0.15) is 0 Å². The van der Waals surface area contributed by atoms with E-state index in [-0.39, 0.29) is 16.2 Å². The molecule has 0 amide bonds. The van der Waals surface area contributed by atoms with Gasteiger partial charge in [0, 0.05) is 5.41 Å². The fraction of sp³-hybridized carbons (Fsp3) is 0.265. The van der Waals surface area contributed by atoms with Crippen molar-refractivity contribution in [3.63, 3.8) is 0 Å². The van der Waals surface area contributed by atoms with Crippen molar-refractivity contribution in [2.24, 2.45) is 0 Å². The first-order chi connectivity index (χ1) is 25.6. The Bertz CT molecular complexity index is 2210. The molecule has 3 atom stereocenters. The van der Waals surface area contributed by atoms with Gasteiger partial charge in [-0.25, -0.2) is 0 Å². The second-order valence-corrected chi connectivity index (χ2v) is 16.2. The first kappa shape index (κ1) is 34.9. The van der Waals surface area contributed by atoms with E-state index in [0.29, 0.717) is 13.2 Å². The van der Waals surface area contributed by atoms with Crippen molar-refractivity contribution in [2.75, 3.05) is 0 Å². The van der Waals surface area contributed by atoms with Crippen LogP contribution in [0, 0.1) is 0 Å². The maximum absolute atomic E-state index is 12.1. The molecule has 0 bridgehead atoms. The number of ether oxygens (including phenoxy) is 2. The Hall–Kier alpha value is -5.16. The molecule has 0 saturated carbocycles. The predicted octanol–water partition coefficient (Wildman–Crippen LogP) is 10.7. The molecular formula is C49H48O4. The van der Waals surface area contributed by atoms with Gasteiger partial charge in [0.05, 0.1) is 0 Å². The Kier molecular flexibility index (Phi) is 9.00. The highest BCUT2D eigenvalue weighted by molar-refractivity contribution is 5.65. The summed E-state index contributed by atoms with van der Waals surface area (Å²) in [5, 5.41) is 24.1. The SMILES string of the molecule is CC1(C)CC2(CC(C)(C)c3cc(C(O)c4ccccc4)c(C(O)c4ccccc4)cc32)c2cc(OCc3ccccc3)c(OCc3ccccc3)cc21. The highest BCUT2D eigenvalue weighted by atomic mass is 16.5. The van der Waals surface area contributed by atoms with Crippen molar-refractivity contribution in [1.29, 1.82) is 0 Å². The summed E-state index contributed by atoms with van der Waals surface area (Å²) in [5.41, 5.74) is 9.48. The summed E-state index contributed by atoms with van der Waals surface area (Å²) in [7, 11) is 0. The molecule has 0 aromatic heterocycles. The summed E-state index contributed by atoms with van der Waals surface area (Å²) < 4.78 is 13.3. The van der Waals surface area contributed by atoms with Gasteiger partial charge in [-0.15, -0.1) is 0 Å². The quantitative estimate of drug-likeness (QED) is 0.149. The van der Waals surface area contributed by atoms with E-state index in [1.165, 1.54) is 22.3 Å². The summed E-state index contributed by atoms with van der Waals surface area (Å²) in [6.45, 7) is 10.2. The van der Waals surface area contributed by atoms with E-state index in [1.54, 1.807) is 0 Å². The molecule has 3 unspecified atom stereocenters. The van der Waals surface area contributed by atoms with E-state index in [0.717, 1.165) is 57.7 Å². The van der Waals surface area contributed by atoms with Crippen LogP contribution < -0.4 is 9.47 Å². The first-order valence-corrected chi connectivity index (χ1v) is 18.7. The van der Waals surface area contributed by atoms with Gasteiger partial charge in [-0.3, -0.25) is 0 Å². The molecule has 0 fully saturated rings. The fourth-order valence-corrected chi connectivity index (χ4v) is 9.19. The molecule has 1 spiro atoms. The van der Waals surface area contributed by atoms with Crippen molar-refractivity contribution in [2.45, 2.75) is 82.2 Å². The van der Waals surface area contributed by atoms with Crippen LogP contribution in [0.5, 0.6) is 11.5 Å². The number of aliphatic hydroxyl groups is 2. The molecular weight excluding hydrogens is 653 g/mol. The van der Waals surface area contributed by atoms with Crippen molar-refractivity contribution in [1.82, 2.24) is 0 Å². The van der Waals surface area contributed by atoms with Crippen molar-refractivity contribution in [3.8, 4) is 11.5 Å². The second-order valence-electron chi connectivity index (χ2n) is 16.2. The third kappa shape index (κ3) is 6.45. The van der Waals surface area contributed by atoms with Gasteiger partial charge in [0.1, 0.15) is 25.4 Å². The second kappa shape index (κ2) is 13.7. The number of fused-ring (bicyclic) bond motifs is 4. The van der Waals surface area contributed by atoms with Crippen LogP contribution in [0.25, 0.3) is 0 Å². The number of aliphatic hydroxyl groups excluding tert-OH is 2. The molecule has 4 heteroatoms. The van der Waals surface area contributed by atoms with Gasteiger partial charge in [0.2, 0.25) is 0 Å². The molecule has 0 saturated heterocycles. The maximum Gasteiger partial charge on any atom is 0.162 e. The summed E-state index contributed by atoms with van der Waals surface area (Å²) in [4.78, 5) is 0. The highest BCUT2D eigenvalue weighted by Gasteiger charge is 2.57. The van der Waals surface area contributed by atoms with Crippen LogP contribution in [0.2, 0.25) is 0 Å². The number of hydrogen-bond donors (Lipinski definition) is 2. The summed E-state index contributed by atoms with van der Waals surface area (Å²) in [6, 6.07) is 48.9. The monoisotopic (exact) mass is 700 g/mol. The third-order valence-corrected chi connectivity index (χ3v) is 11.6. The summed E-state index contributed by atoms with van der Waals surface area (Å²) >= 11 is 0. The van der Waals surface area contributed by atoms with Gasteiger partial charge < -0.3 is 19.7 Å². The van der Waals surface area contributed by atoms with E-state index < -0.39 is 12.2 Å². The molecule has 6 aromatic rings. The van der Waals surface area contributed by atoms with Crippen molar-refractivity contribution in [3.05, 3.63) is 201 Å². The van der Waals surface area contributed by atoms with Crippen LogP contribution in [0.4, 0.5) is 0 Å². The molecule has 0 heterocycles. The van der Waals surface area contributed by atoms with E-state index in [9.17, 15) is 10.2 Å². The molecule has 2 aliphatic carbocycles. The zero-order valence-corrected chi connectivity index (χ0v) is 31.1. The molecule has 6 aromatic carbocycles. The van der Waals surface area contributed by atoms with E-state index in [4.69, 9.17) is 9.47 Å². The lowest BCUT2D eigenvalue weighted by atomic mass is 9.72. The average Bonchev–Trinajstić information content (AvgIpc) is 3.54. The Balaban J connectivity index is 1.30. The standard InChI is InChI=1S/C49H48O4/c1-47(2)31-49(41-26-38(46(51)36-23-15-8-16-24-36)37(25-39(41)47)45(50)35-21-13-7-14-22-35)32-48(3,4)40-27-43(52-29-33-17-9-5-10-18-33)44(28-42(40)49)53-30-34-19-11-6-12-20-34/h5-28,45-46,50-51H,29-32H2,1-4H3. The van der Waals surface area contributed by atoms with E-state index in [2.05, 4.69) is 76.2 Å². The van der Waals surface area contributed by atoms with E-state index >= 15 is 0 Å². The molecule has 2 aliphatic rings. The van der Waals surface area contributed by atoms with Gasteiger partial charge in [-0.05, 0) is 91.4 Å². The fourth-order valence-electron chi connectivity index (χ4n) is 9.19. The van der Waals surface area contributed by atoms with Crippen LogP contribution in [0.1, 0.15) is 108 Å². The Morgan fingerprint density at radius 1 is 0.472 bits per heavy atom. The smallest absolute Gasteiger partial charge is 0.162 e.